The largest absolute Gasteiger partial charge is 0.371 e. The molecule has 0 spiro atoms. The second-order valence-electron chi connectivity index (χ2n) is 13.3. The van der Waals surface area contributed by atoms with Crippen LogP contribution in [0.25, 0.3) is 6.08 Å². The van der Waals surface area contributed by atoms with Crippen molar-refractivity contribution in [3.63, 3.8) is 0 Å². The van der Waals surface area contributed by atoms with Crippen molar-refractivity contribution in [2.45, 2.75) is 77.5 Å². The van der Waals surface area contributed by atoms with Crippen LogP contribution in [0.4, 0.5) is 11.4 Å². The predicted octanol–water partition coefficient (Wildman–Crippen LogP) is 3.92. The van der Waals surface area contributed by atoms with Crippen molar-refractivity contribution in [3.8, 4) is 0 Å². The molecule has 0 unspecified atom stereocenters. The number of fused-ring (bicyclic) bond motifs is 3. The van der Waals surface area contributed by atoms with Gasteiger partial charge in [0.25, 0.3) is 5.91 Å². The molecule has 7 rings (SSSR count). The van der Waals surface area contributed by atoms with Crippen LogP contribution in [0.1, 0.15) is 81.5 Å². The molecular formula is C36H54N8O3. The summed E-state index contributed by atoms with van der Waals surface area (Å²) in [5.74, 6) is -0.116. The summed E-state index contributed by atoms with van der Waals surface area (Å²) in [5.41, 5.74) is 4.94. The number of nitrogens with one attached hydrogen (secondary N) is 3. The third-order valence-corrected chi connectivity index (χ3v) is 10.1. The number of rotatable bonds is 11. The van der Waals surface area contributed by atoms with Gasteiger partial charge < -0.3 is 25.6 Å². The smallest absolute Gasteiger partial charge is 0.270 e. The van der Waals surface area contributed by atoms with Crippen molar-refractivity contribution in [2.75, 3.05) is 75.7 Å². The highest BCUT2D eigenvalue weighted by molar-refractivity contribution is 5.93. The van der Waals surface area contributed by atoms with Gasteiger partial charge in [-0.3, -0.25) is 24.4 Å². The van der Waals surface area contributed by atoms with Crippen molar-refractivity contribution in [1.29, 1.82) is 0 Å². The van der Waals surface area contributed by atoms with E-state index in [1.807, 2.05) is 50.5 Å². The molecule has 3 N–H and O–H groups in total. The number of amides is 2. The zero-order valence-electron chi connectivity index (χ0n) is 28.8. The van der Waals surface area contributed by atoms with Crippen LogP contribution in [0.2, 0.25) is 0 Å². The second kappa shape index (κ2) is 16.1. The number of ether oxygens (including phenoxy) is 1. The predicted molar refractivity (Wildman–Crippen MR) is 188 cm³/mol. The van der Waals surface area contributed by atoms with E-state index in [1.165, 1.54) is 5.57 Å². The van der Waals surface area contributed by atoms with Crippen molar-refractivity contribution in [1.82, 2.24) is 30.4 Å². The summed E-state index contributed by atoms with van der Waals surface area (Å²) in [5, 5.41) is 9.55. The minimum atomic E-state index is -0.288. The van der Waals surface area contributed by atoms with Gasteiger partial charge in [0.05, 0.1) is 41.0 Å². The lowest BCUT2D eigenvalue weighted by molar-refractivity contribution is -0.169. The third kappa shape index (κ3) is 8.76. The van der Waals surface area contributed by atoms with Gasteiger partial charge in [-0.2, -0.15) is 0 Å². The van der Waals surface area contributed by atoms with Gasteiger partial charge >= 0.3 is 0 Å². The molecule has 256 valence electrons. The maximum absolute atomic E-state index is 13.3. The Hall–Kier alpha value is -3.38. The lowest BCUT2D eigenvalue weighted by Crippen LogP contribution is -2.65. The highest BCUT2D eigenvalue weighted by atomic mass is 16.5. The van der Waals surface area contributed by atoms with Gasteiger partial charge in [-0.15, -0.1) is 0 Å². The molecule has 0 radical (unpaired) electrons. The summed E-state index contributed by atoms with van der Waals surface area (Å²) in [7, 11) is 0. The summed E-state index contributed by atoms with van der Waals surface area (Å²) in [6.07, 6.45) is 11.3. The van der Waals surface area contributed by atoms with Crippen molar-refractivity contribution in [2.24, 2.45) is 0 Å². The number of anilines is 2. The molecule has 0 atom stereocenters. The highest BCUT2D eigenvalue weighted by Crippen LogP contribution is 2.44. The van der Waals surface area contributed by atoms with Gasteiger partial charge in [-0.1, -0.05) is 26.3 Å². The summed E-state index contributed by atoms with van der Waals surface area (Å²) in [6.45, 7) is 18.3. The molecule has 1 saturated carbocycles. The summed E-state index contributed by atoms with van der Waals surface area (Å²) in [4.78, 5) is 40.9. The minimum absolute atomic E-state index is 0.0587. The Kier molecular flexibility index (Phi) is 12.0. The summed E-state index contributed by atoms with van der Waals surface area (Å²) >= 11 is 0. The van der Waals surface area contributed by atoms with Gasteiger partial charge in [0.2, 0.25) is 6.41 Å². The van der Waals surface area contributed by atoms with Gasteiger partial charge in [0, 0.05) is 71.6 Å². The number of hydrogen-bond acceptors (Lipinski definition) is 9. The molecule has 11 nitrogen and oxygen atoms in total. The Balaban J connectivity index is 0.00000213. The molecule has 4 aliphatic heterocycles. The van der Waals surface area contributed by atoms with Crippen molar-refractivity contribution < 1.29 is 14.3 Å². The van der Waals surface area contributed by atoms with E-state index in [-0.39, 0.29) is 17.0 Å². The maximum Gasteiger partial charge on any atom is 0.270 e. The van der Waals surface area contributed by atoms with Gasteiger partial charge in [0.1, 0.15) is 5.69 Å². The van der Waals surface area contributed by atoms with Gasteiger partial charge in [0.15, 0.2) is 0 Å². The molecule has 6 heterocycles. The number of nitrogens with zero attached hydrogens (tertiary/aromatic N) is 5. The Bertz CT molecular complexity index is 1340. The van der Waals surface area contributed by atoms with Crippen LogP contribution in [0, 0.1) is 0 Å². The first-order valence-electron chi connectivity index (χ1n) is 17.6. The van der Waals surface area contributed by atoms with Crippen LogP contribution in [0.5, 0.6) is 0 Å². The zero-order valence-corrected chi connectivity index (χ0v) is 28.8. The molecule has 2 aromatic rings. The molecule has 5 aliphatic rings. The highest BCUT2D eigenvalue weighted by Gasteiger charge is 2.51. The van der Waals surface area contributed by atoms with E-state index < -0.39 is 0 Å². The Labute approximate surface area is 280 Å². The zero-order chi connectivity index (χ0) is 33.3. The van der Waals surface area contributed by atoms with E-state index in [4.69, 9.17) is 4.74 Å². The number of pyridine rings is 2. The SMILES string of the molecule is CC.CC/C(C)=C/c1ncc(CN2CCN(c3ccc(C(=O)NC45CCC(CN6CCNCC6)(CC4)OC5)nc3)CC2)cc1NC=O. The first-order valence-corrected chi connectivity index (χ1v) is 17.6. The average molecular weight is 647 g/mol. The topological polar surface area (TPSA) is 115 Å². The molecular weight excluding hydrogens is 592 g/mol. The van der Waals surface area contributed by atoms with Crippen LogP contribution in [-0.2, 0) is 16.1 Å². The number of piperazine rings is 2. The molecule has 2 bridgehead atoms. The molecule has 2 amide bonds. The Morgan fingerprint density at radius 2 is 1.74 bits per heavy atom. The van der Waals surface area contributed by atoms with E-state index in [2.05, 4.69) is 54.5 Å². The number of allylic oxidation sites excluding steroid dienone is 1. The fourth-order valence-electron chi connectivity index (χ4n) is 7.08. The summed E-state index contributed by atoms with van der Waals surface area (Å²) < 4.78 is 6.46. The molecule has 1 aliphatic carbocycles. The van der Waals surface area contributed by atoms with Crippen LogP contribution in [0.15, 0.2) is 36.2 Å². The van der Waals surface area contributed by atoms with Crippen LogP contribution in [0.3, 0.4) is 0 Å². The first kappa shape index (κ1) is 34.9. The van der Waals surface area contributed by atoms with E-state index in [1.54, 1.807) is 0 Å². The maximum atomic E-state index is 13.3. The average Bonchev–Trinajstić information content (AvgIpc) is 3.12. The molecule has 0 aromatic carbocycles. The van der Waals surface area contributed by atoms with E-state index >= 15 is 0 Å². The number of carbonyl (C=O) groups is 2. The molecule has 5 fully saturated rings. The number of hydrogen-bond donors (Lipinski definition) is 3. The van der Waals surface area contributed by atoms with E-state index in [9.17, 15) is 9.59 Å². The molecule has 47 heavy (non-hydrogen) atoms. The summed E-state index contributed by atoms with van der Waals surface area (Å²) in [6, 6.07) is 5.88. The van der Waals surface area contributed by atoms with E-state index in [0.29, 0.717) is 18.7 Å². The lowest BCUT2D eigenvalue weighted by atomic mass is 9.70. The molecule has 11 heteroatoms. The Morgan fingerprint density at radius 1 is 1.00 bits per heavy atom. The normalized spacial score (nSPS) is 25.1. The van der Waals surface area contributed by atoms with Crippen molar-refractivity contribution >= 4 is 29.8 Å². The van der Waals surface area contributed by atoms with Crippen molar-refractivity contribution in [3.05, 3.63) is 53.1 Å². The fraction of sp³-hybridized carbons (Fsp3) is 0.611. The van der Waals surface area contributed by atoms with Crippen LogP contribution >= 0.6 is 0 Å². The van der Waals surface area contributed by atoms with Gasteiger partial charge in [-0.05, 0) is 68.9 Å². The third-order valence-electron chi connectivity index (χ3n) is 10.1. The second-order valence-corrected chi connectivity index (χ2v) is 13.3. The monoisotopic (exact) mass is 646 g/mol. The standard InChI is InChI=1S/C34H48N8O3.C2H6/c1-3-26(2)18-30-31(38-25-43)19-27(20-36-30)22-40-14-16-42(17-15-40)28-4-5-29(37-21-28)32(44)39-33-6-8-34(9-7-33,45-24-33)23-41-12-10-35-11-13-41;1-2/h4-5,18-21,25,35H,3,6-17,22-24H2,1-2H3,(H,38,43)(H,39,44);1-2H3/b26-18+;. The Morgan fingerprint density at radius 3 is 2.36 bits per heavy atom. The van der Waals surface area contributed by atoms with Gasteiger partial charge in [-0.25, -0.2) is 4.98 Å². The van der Waals surface area contributed by atoms with E-state index in [0.717, 1.165) is 120 Å². The minimum Gasteiger partial charge on any atom is -0.371 e. The lowest BCUT2D eigenvalue weighted by Gasteiger charge is -2.54. The quantitative estimate of drug-likeness (QED) is 0.313. The number of aromatic nitrogens is 2. The van der Waals surface area contributed by atoms with Crippen LogP contribution < -0.4 is 20.9 Å². The molecule has 4 saturated heterocycles. The fourth-order valence-corrected chi connectivity index (χ4v) is 7.08. The first-order chi connectivity index (χ1) is 22.9. The number of carbonyl (C=O) groups excluding carboxylic acids is 2. The molecule has 2 aromatic heterocycles. The van der Waals surface area contributed by atoms with Crippen LogP contribution in [-0.4, -0.2) is 109 Å².